The molecule has 0 fully saturated rings. The maximum Gasteiger partial charge on any atom is 0.256 e. The summed E-state index contributed by atoms with van der Waals surface area (Å²) in [5.41, 5.74) is 3.90. The molecule has 2 aromatic heterocycles. The van der Waals surface area contributed by atoms with Crippen LogP contribution in [0.5, 0.6) is 0 Å². The van der Waals surface area contributed by atoms with E-state index in [-0.39, 0.29) is 17.7 Å². The predicted octanol–water partition coefficient (Wildman–Crippen LogP) is 5.26. The number of nitrogens with zero attached hydrogens (tertiary/aromatic N) is 2. The quantitative estimate of drug-likeness (QED) is 0.470. The molecule has 2 heterocycles. The maximum absolute atomic E-state index is 13.1. The van der Waals surface area contributed by atoms with Gasteiger partial charge in [0, 0.05) is 40.4 Å². The number of rotatable bonds is 5. The number of hydrogen-bond donors (Lipinski definition) is 2. The molecule has 154 valence electrons. The molecule has 0 unspecified atom stereocenters. The summed E-state index contributed by atoms with van der Waals surface area (Å²) in [4.78, 5) is 34.1. The lowest BCUT2D eigenvalue weighted by molar-refractivity contribution is 0.102. The molecule has 0 radical (unpaired) electrons. The Hall–Kier alpha value is -4.06. The molecule has 0 saturated carbocycles. The zero-order chi connectivity index (χ0) is 21.8. The van der Waals surface area contributed by atoms with Crippen molar-refractivity contribution in [3.8, 4) is 0 Å². The summed E-state index contributed by atoms with van der Waals surface area (Å²) < 4.78 is 0. The number of benzene rings is 2. The molecule has 2 amide bonds. The molecule has 31 heavy (non-hydrogen) atoms. The van der Waals surface area contributed by atoms with Gasteiger partial charge in [-0.1, -0.05) is 38.1 Å². The van der Waals surface area contributed by atoms with E-state index in [0.29, 0.717) is 22.5 Å². The van der Waals surface area contributed by atoms with E-state index in [1.54, 1.807) is 48.8 Å². The minimum atomic E-state index is -0.243. The summed E-state index contributed by atoms with van der Waals surface area (Å²) in [6.45, 7) is 4.10. The van der Waals surface area contributed by atoms with Crippen molar-refractivity contribution in [1.29, 1.82) is 0 Å². The third-order valence-corrected chi connectivity index (χ3v) is 4.89. The highest BCUT2D eigenvalue weighted by Gasteiger charge is 2.15. The summed E-state index contributed by atoms with van der Waals surface area (Å²) in [5.74, 6) is -0.270. The normalized spacial score (nSPS) is 10.8. The molecule has 0 aliphatic rings. The first-order valence-corrected chi connectivity index (χ1v) is 10.0. The van der Waals surface area contributed by atoms with E-state index in [1.165, 1.54) is 0 Å². The van der Waals surface area contributed by atoms with Gasteiger partial charge in [0.2, 0.25) is 0 Å². The topological polar surface area (TPSA) is 84.0 Å². The van der Waals surface area contributed by atoms with Gasteiger partial charge in [-0.2, -0.15) is 0 Å². The monoisotopic (exact) mass is 410 g/mol. The summed E-state index contributed by atoms with van der Waals surface area (Å²) in [6, 6.07) is 19.8. The minimum absolute atomic E-state index is 0.197. The Bertz CT molecular complexity index is 1250. The number of amides is 2. The number of carbonyl (C=O) groups excluding carboxylic acids is 2. The first kappa shape index (κ1) is 20.2. The van der Waals surface area contributed by atoms with Gasteiger partial charge in [-0.3, -0.25) is 19.6 Å². The van der Waals surface area contributed by atoms with E-state index in [1.807, 2.05) is 44.2 Å². The molecule has 0 atom stereocenters. The molecule has 6 nitrogen and oxygen atoms in total. The molecule has 6 heteroatoms. The number of nitrogens with one attached hydrogen (secondary N) is 2. The standard InChI is InChI=1S/C25H22N4O2/c1-16(2)23-15-21(20-8-3-4-9-22(20)29-23)25(31)28-19-7-5-6-18(14-19)27-24(30)17-10-12-26-13-11-17/h3-16H,1-2H3,(H,27,30)(H,28,31). The highest BCUT2D eigenvalue weighted by Crippen LogP contribution is 2.24. The van der Waals surface area contributed by atoms with Crippen molar-refractivity contribution in [2.45, 2.75) is 19.8 Å². The van der Waals surface area contributed by atoms with Crippen LogP contribution in [0.4, 0.5) is 11.4 Å². The van der Waals surface area contributed by atoms with Crippen LogP contribution in [-0.4, -0.2) is 21.8 Å². The molecular formula is C25H22N4O2. The lowest BCUT2D eigenvalue weighted by Gasteiger charge is -2.13. The number of pyridine rings is 2. The van der Waals surface area contributed by atoms with Crippen LogP contribution < -0.4 is 10.6 Å². The van der Waals surface area contributed by atoms with Crippen LogP contribution in [0.25, 0.3) is 10.9 Å². The van der Waals surface area contributed by atoms with Crippen LogP contribution in [-0.2, 0) is 0 Å². The highest BCUT2D eigenvalue weighted by atomic mass is 16.2. The average Bonchev–Trinajstić information content (AvgIpc) is 2.79. The lowest BCUT2D eigenvalue weighted by atomic mass is 10.0. The summed E-state index contributed by atoms with van der Waals surface area (Å²) in [6.07, 6.45) is 3.13. The fourth-order valence-corrected chi connectivity index (χ4v) is 3.26. The number of aromatic nitrogens is 2. The summed E-state index contributed by atoms with van der Waals surface area (Å²) >= 11 is 0. The van der Waals surface area contributed by atoms with Crippen LogP contribution >= 0.6 is 0 Å². The molecule has 2 N–H and O–H groups in total. The van der Waals surface area contributed by atoms with E-state index in [9.17, 15) is 9.59 Å². The van der Waals surface area contributed by atoms with Gasteiger partial charge < -0.3 is 10.6 Å². The molecule has 0 saturated heterocycles. The van der Waals surface area contributed by atoms with Gasteiger partial charge in [0.1, 0.15) is 0 Å². The molecule has 4 aromatic rings. The number of anilines is 2. The van der Waals surface area contributed by atoms with Crippen LogP contribution in [0.1, 0.15) is 46.2 Å². The molecule has 0 aliphatic heterocycles. The van der Waals surface area contributed by atoms with Gasteiger partial charge in [-0.05, 0) is 48.4 Å². The van der Waals surface area contributed by atoms with Crippen molar-refractivity contribution in [2.75, 3.05) is 10.6 Å². The number of fused-ring (bicyclic) bond motifs is 1. The third kappa shape index (κ3) is 4.59. The smallest absolute Gasteiger partial charge is 0.256 e. The van der Waals surface area contributed by atoms with Crippen LogP contribution in [0.15, 0.2) is 79.1 Å². The summed E-state index contributed by atoms with van der Waals surface area (Å²) in [5, 5.41) is 6.58. The SMILES string of the molecule is CC(C)c1cc(C(=O)Nc2cccc(NC(=O)c3ccncc3)c2)c2ccccc2n1. The first-order valence-electron chi connectivity index (χ1n) is 10.0. The van der Waals surface area contributed by atoms with E-state index >= 15 is 0 Å². The Kier molecular flexibility index (Phi) is 5.71. The van der Waals surface area contributed by atoms with Crippen molar-refractivity contribution < 1.29 is 9.59 Å². The van der Waals surface area contributed by atoms with Crippen LogP contribution in [0.3, 0.4) is 0 Å². The Morgan fingerprint density at radius 3 is 2.19 bits per heavy atom. The number of para-hydroxylation sites is 1. The number of hydrogen-bond acceptors (Lipinski definition) is 4. The van der Waals surface area contributed by atoms with Crippen molar-refractivity contribution in [1.82, 2.24) is 9.97 Å². The molecule has 0 aliphatic carbocycles. The van der Waals surface area contributed by atoms with Crippen LogP contribution in [0.2, 0.25) is 0 Å². The van der Waals surface area contributed by atoms with Crippen molar-refractivity contribution in [2.24, 2.45) is 0 Å². The highest BCUT2D eigenvalue weighted by molar-refractivity contribution is 6.12. The fourth-order valence-electron chi connectivity index (χ4n) is 3.26. The Morgan fingerprint density at radius 2 is 1.48 bits per heavy atom. The Labute approximate surface area is 180 Å². The molecule has 4 rings (SSSR count). The second kappa shape index (κ2) is 8.75. The second-order valence-corrected chi connectivity index (χ2v) is 7.49. The molecule has 0 spiro atoms. The zero-order valence-electron chi connectivity index (χ0n) is 17.3. The average molecular weight is 410 g/mol. The van der Waals surface area contributed by atoms with E-state index in [4.69, 9.17) is 0 Å². The molecule has 2 aromatic carbocycles. The third-order valence-electron chi connectivity index (χ3n) is 4.89. The second-order valence-electron chi connectivity index (χ2n) is 7.49. The van der Waals surface area contributed by atoms with Gasteiger partial charge in [-0.25, -0.2) is 0 Å². The first-order chi connectivity index (χ1) is 15.0. The molecule has 0 bridgehead atoms. The van der Waals surface area contributed by atoms with Crippen molar-refractivity contribution in [3.63, 3.8) is 0 Å². The number of carbonyl (C=O) groups is 2. The van der Waals surface area contributed by atoms with Crippen molar-refractivity contribution >= 4 is 34.1 Å². The van der Waals surface area contributed by atoms with Gasteiger partial charge in [0.05, 0.1) is 11.1 Å². The van der Waals surface area contributed by atoms with E-state index < -0.39 is 0 Å². The Morgan fingerprint density at radius 1 is 0.806 bits per heavy atom. The van der Waals surface area contributed by atoms with Gasteiger partial charge in [-0.15, -0.1) is 0 Å². The predicted molar refractivity (Wildman–Crippen MR) is 122 cm³/mol. The van der Waals surface area contributed by atoms with Crippen LogP contribution in [0, 0.1) is 0 Å². The molecular weight excluding hydrogens is 388 g/mol. The van der Waals surface area contributed by atoms with Crippen molar-refractivity contribution in [3.05, 3.63) is 95.9 Å². The fraction of sp³-hybridized carbons (Fsp3) is 0.120. The zero-order valence-corrected chi connectivity index (χ0v) is 17.3. The largest absolute Gasteiger partial charge is 0.322 e. The minimum Gasteiger partial charge on any atom is -0.322 e. The van der Waals surface area contributed by atoms with E-state index in [0.717, 1.165) is 16.6 Å². The lowest BCUT2D eigenvalue weighted by Crippen LogP contribution is -2.15. The van der Waals surface area contributed by atoms with Gasteiger partial charge in [0.25, 0.3) is 11.8 Å². The van der Waals surface area contributed by atoms with E-state index in [2.05, 4.69) is 20.6 Å². The maximum atomic E-state index is 13.1. The van der Waals surface area contributed by atoms with Gasteiger partial charge in [0.15, 0.2) is 0 Å². The van der Waals surface area contributed by atoms with Gasteiger partial charge >= 0.3 is 0 Å². The summed E-state index contributed by atoms with van der Waals surface area (Å²) in [7, 11) is 0. The Balaban J connectivity index is 1.58.